The smallest absolute Gasteiger partial charge is 0.249 e. The van der Waals surface area contributed by atoms with Gasteiger partial charge in [-0.05, 0) is 31.7 Å². The quantitative estimate of drug-likeness (QED) is 0.632. The lowest BCUT2D eigenvalue weighted by Gasteiger charge is -2.21. The van der Waals surface area contributed by atoms with Crippen molar-refractivity contribution >= 4 is 11.5 Å². The second-order valence-corrected chi connectivity index (χ2v) is 5.32. The molecule has 3 N–H and O–H groups in total. The van der Waals surface area contributed by atoms with Crippen LogP contribution in [-0.2, 0) is 0 Å². The van der Waals surface area contributed by atoms with Gasteiger partial charge in [0.15, 0.2) is 0 Å². The van der Waals surface area contributed by atoms with Crippen LogP contribution >= 0.6 is 0 Å². The molecule has 0 fully saturated rings. The molecule has 0 radical (unpaired) electrons. The van der Waals surface area contributed by atoms with Gasteiger partial charge in [-0.25, -0.2) is 0 Å². The van der Waals surface area contributed by atoms with Crippen molar-refractivity contribution in [2.45, 2.75) is 65.8 Å². The van der Waals surface area contributed by atoms with Gasteiger partial charge in [0, 0.05) is 23.4 Å². The van der Waals surface area contributed by atoms with E-state index in [-0.39, 0.29) is 5.56 Å². The van der Waals surface area contributed by atoms with Gasteiger partial charge in [0.05, 0.1) is 0 Å². The molecule has 20 heavy (non-hydrogen) atoms. The van der Waals surface area contributed by atoms with Crippen molar-refractivity contribution in [1.82, 2.24) is 4.98 Å². The molecule has 4 heteroatoms. The van der Waals surface area contributed by atoms with Gasteiger partial charge in [-0.2, -0.15) is 0 Å². The summed E-state index contributed by atoms with van der Waals surface area (Å²) >= 11 is 0. The minimum atomic E-state index is -0.107. The van der Waals surface area contributed by atoms with E-state index in [1.807, 2.05) is 13.8 Å². The molecule has 4 nitrogen and oxygen atoms in total. The summed E-state index contributed by atoms with van der Waals surface area (Å²) in [5.41, 5.74) is 2.18. The number of aromatic nitrogens is 1. The number of nitrogens with one attached hydrogen (secondary N) is 3. The summed E-state index contributed by atoms with van der Waals surface area (Å²) in [4.78, 5) is 14.6. The van der Waals surface area contributed by atoms with Crippen LogP contribution in [-0.4, -0.2) is 16.7 Å². The molecule has 1 rings (SSSR count). The summed E-state index contributed by atoms with van der Waals surface area (Å²) in [6.07, 6.45) is 5.02. The predicted octanol–water partition coefficient (Wildman–Crippen LogP) is 3.84. The Bertz CT molecular complexity index is 499. The second kappa shape index (κ2) is 7.88. The number of pyridine rings is 1. The topological polar surface area (TPSA) is 68.7 Å². The lowest BCUT2D eigenvalue weighted by molar-refractivity contribution is 0.584. The highest BCUT2D eigenvalue weighted by molar-refractivity contribution is 6.03. The maximum Gasteiger partial charge on any atom is 0.249 e. The SMILES string of the molecule is CCCC(CCC)Nc1[nH]c(=O)cc(C)c1C(=N)CC. The molecule has 0 unspecified atom stereocenters. The minimum Gasteiger partial charge on any atom is -0.368 e. The van der Waals surface area contributed by atoms with Crippen LogP contribution in [0.3, 0.4) is 0 Å². The van der Waals surface area contributed by atoms with E-state index in [0.29, 0.717) is 24.0 Å². The first-order valence-corrected chi connectivity index (χ1v) is 7.61. The molecule has 0 bridgehead atoms. The van der Waals surface area contributed by atoms with E-state index in [0.717, 1.165) is 36.8 Å². The molecule has 1 aromatic rings. The lowest BCUT2D eigenvalue weighted by Crippen LogP contribution is -2.24. The van der Waals surface area contributed by atoms with Crippen LogP contribution < -0.4 is 10.9 Å². The Morgan fingerprint density at radius 3 is 2.40 bits per heavy atom. The largest absolute Gasteiger partial charge is 0.368 e. The average molecular weight is 277 g/mol. The first kappa shape index (κ1) is 16.5. The van der Waals surface area contributed by atoms with Crippen molar-refractivity contribution in [1.29, 1.82) is 5.41 Å². The predicted molar refractivity (Wildman–Crippen MR) is 86.1 cm³/mol. The van der Waals surface area contributed by atoms with Crippen LogP contribution in [0, 0.1) is 12.3 Å². The van der Waals surface area contributed by atoms with Crippen LogP contribution in [0.5, 0.6) is 0 Å². The van der Waals surface area contributed by atoms with Crippen molar-refractivity contribution in [3.8, 4) is 0 Å². The maximum absolute atomic E-state index is 11.7. The standard InChI is InChI=1S/C16H27N3O/c1-5-8-12(9-6-2)18-16-15(13(17)7-3)11(4)10-14(20)19-16/h10,12,17H,5-9H2,1-4H3,(H2,18,19,20). The van der Waals surface area contributed by atoms with Crippen LogP contribution in [0.4, 0.5) is 5.82 Å². The highest BCUT2D eigenvalue weighted by atomic mass is 16.1. The van der Waals surface area contributed by atoms with E-state index in [9.17, 15) is 4.79 Å². The molecule has 0 spiro atoms. The highest BCUT2D eigenvalue weighted by Gasteiger charge is 2.15. The highest BCUT2D eigenvalue weighted by Crippen LogP contribution is 2.20. The zero-order chi connectivity index (χ0) is 15.1. The van der Waals surface area contributed by atoms with Gasteiger partial charge in [0.2, 0.25) is 5.56 Å². The van der Waals surface area contributed by atoms with Crippen LogP contribution in [0.2, 0.25) is 0 Å². The van der Waals surface area contributed by atoms with E-state index < -0.39 is 0 Å². The lowest BCUT2D eigenvalue weighted by atomic mass is 10.0. The van der Waals surface area contributed by atoms with Gasteiger partial charge in [0.25, 0.3) is 0 Å². The molecule has 0 saturated carbocycles. The Morgan fingerprint density at radius 2 is 1.90 bits per heavy atom. The van der Waals surface area contributed by atoms with E-state index >= 15 is 0 Å². The third-order valence-corrected chi connectivity index (χ3v) is 3.52. The first-order chi connectivity index (χ1) is 9.53. The summed E-state index contributed by atoms with van der Waals surface area (Å²) in [5, 5.41) is 11.6. The summed E-state index contributed by atoms with van der Waals surface area (Å²) in [5.74, 6) is 0.716. The molecule has 0 saturated heterocycles. The second-order valence-electron chi connectivity index (χ2n) is 5.32. The van der Waals surface area contributed by atoms with Crippen molar-refractivity contribution in [3.63, 3.8) is 0 Å². The minimum absolute atomic E-state index is 0.107. The zero-order valence-electron chi connectivity index (χ0n) is 13.1. The van der Waals surface area contributed by atoms with Crippen LogP contribution in [0.1, 0.15) is 64.0 Å². The molecule has 0 amide bonds. The van der Waals surface area contributed by atoms with E-state index in [4.69, 9.17) is 5.41 Å². The molecule has 0 atom stereocenters. The molecule has 0 aromatic carbocycles. The Balaban J connectivity index is 3.14. The van der Waals surface area contributed by atoms with Gasteiger partial charge in [-0.15, -0.1) is 0 Å². The van der Waals surface area contributed by atoms with Gasteiger partial charge in [0.1, 0.15) is 5.82 Å². The fraction of sp³-hybridized carbons (Fsp3) is 0.625. The number of anilines is 1. The van der Waals surface area contributed by atoms with Gasteiger partial charge >= 0.3 is 0 Å². The fourth-order valence-electron chi connectivity index (χ4n) is 2.55. The van der Waals surface area contributed by atoms with Crippen molar-refractivity contribution in [3.05, 3.63) is 27.5 Å². The van der Waals surface area contributed by atoms with E-state index in [1.54, 1.807) is 6.07 Å². The Hall–Kier alpha value is -1.58. The number of hydrogen-bond donors (Lipinski definition) is 3. The van der Waals surface area contributed by atoms with Crippen LogP contribution in [0.15, 0.2) is 10.9 Å². The first-order valence-electron chi connectivity index (χ1n) is 7.61. The Morgan fingerprint density at radius 1 is 1.30 bits per heavy atom. The monoisotopic (exact) mass is 277 g/mol. The number of aromatic amines is 1. The number of aryl methyl sites for hydroxylation is 1. The number of H-pyrrole nitrogens is 1. The van der Waals surface area contributed by atoms with Crippen molar-refractivity contribution < 1.29 is 0 Å². The molecule has 1 heterocycles. The summed E-state index contributed by atoms with van der Waals surface area (Å²) < 4.78 is 0. The third-order valence-electron chi connectivity index (χ3n) is 3.52. The Labute approximate surface area is 121 Å². The average Bonchev–Trinajstić information content (AvgIpc) is 2.38. The van der Waals surface area contributed by atoms with E-state index in [1.165, 1.54) is 0 Å². The summed E-state index contributed by atoms with van der Waals surface area (Å²) in [7, 11) is 0. The van der Waals surface area contributed by atoms with Gasteiger partial charge in [-0.1, -0.05) is 33.6 Å². The van der Waals surface area contributed by atoms with Crippen molar-refractivity contribution in [2.24, 2.45) is 0 Å². The maximum atomic E-state index is 11.7. The molecular weight excluding hydrogens is 250 g/mol. The number of rotatable bonds is 8. The normalized spacial score (nSPS) is 10.8. The zero-order valence-corrected chi connectivity index (χ0v) is 13.1. The molecule has 112 valence electrons. The Kier molecular flexibility index (Phi) is 6.49. The molecular formula is C16H27N3O. The number of hydrogen-bond acceptors (Lipinski definition) is 3. The summed E-state index contributed by atoms with van der Waals surface area (Å²) in [6.45, 7) is 8.19. The molecule has 0 aliphatic heterocycles. The fourth-order valence-corrected chi connectivity index (χ4v) is 2.55. The molecule has 1 aromatic heterocycles. The van der Waals surface area contributed by atoms with Crippen molar-refractivity contribution in [2.75, 3.05) is 5.32 Å². The summed E-state index contributed by atoms with van der Waals surface area (Å²) in [6, 6.07) is 1.92. The van der Waals surface area contributed by atoms with Gasteiger partial charge < -0.3 is 15.7 Å². The third kappa shape index (κ3) is 4.22. The van der Waals surface area contributed by atoms with Crippen LogP contribution in [0.25, 0.3) is 0 Å². The molecule has 0 aliphatic rings. The molecule has 0 aliphatic carbocycles. The van der Waals surface area contributed by atoms with Gasteiger partial charge in [-0.3, -0.25) is 4.79 Å². The van der Waals surface area contributed by atoms with E-state index in [2.05, 4.69) is 24.1 Å².